The van der Waals surface area contributed by atoms with Crippen LogP contribution in [0.5, 0.6) is 0 Å². The number of halogens is 2. The van der Waals surface area contributed by atoms with Crippen LogP contribution >= 0.6 is 11.6 Å². The zero-order chi connectivity index (χ0) is 20.2. The van der Waals surface area contributed by atoms with E-state index in [1.165, 1.54) is 49.3 Å². The molecule has 150 valence electrons. The van der Waals surface area contributed by atoms with Gasteiger partial charge in [-0.1, -0.05) is 79.2 Å². The molecule has 1 fully saturated rings. The molecule has 0 bridgehead atoms. The minimum absolute atomic E-state index is 0.170. The lowest BCUT2D eigenvalue weighted by Gasteiger charge is -2.30. The van der Waals surface area contributed by atoms with E-state index in [1.54, 1.807) is 6.07 Å². The van der Waals surface area contributed by atoms with E-state index in [0.29, 0.717) is 11.8 Å². The Morgan fingerprint density at radius 3 is 2.17 bits per heavy atom. The van der Waals surface area contributed by atoms with Gasteiger partial charge in [-0.05, 0) is 84.2 Å². The molecule has 0 radical (unpaired) electrons. The lowest BCUT2D eigenvalue weighted by atomic mass is 9.75. The van der Waals surface area contributed by atoms with E-state index in [0.717, 1.165) is 17.0 Å². The fraction of sp³-hybridized carbons (Fsp3) is 0.333. The van der Waals surface area contributed by atoms with Crippen molar-refractivity contribution in [1.82, 2.24) is 0 Å². The van der Waals surface area contributed by atoms with Crippen molar-refractivity contribution in [2.75, 3.05) is 0 Å². The van der Waals surface area contributed by atoms with Gasteiger partial charge in [-0.2, -0.15) is 0 Å². The highest BCUT2D eigenvalue weighted by atomic mass is 35.5. The third-order valence-electron chi connectivity index (χ3n) is 6.54. The first-order valence-corrected chi connectivity index (χ1v) is 11.1. The van der Waals surface area contributed by atoms with Crippen LogP contribution in [0.3, 0.4) is 0 Å². The third-order valence-corrected chi connectivity index (χ3v) is 6.84. The van der Waals surface area contributed by atoms with Crippen molar-refractivity contribution < 1.29 is 4.39 Å². The molecule has 2 heteroatoms. The summed E-state index contributed by atoms with van der Waals surface area (Å²) in [5, 5.41) is 0.170. The SMILES string of the molecule is C[C@H](CC1CCC(c2ccc(-c3ccc(Cl)c(F)c3)cc2)CC1)c1ccccc1. The van der Waals surface area contributed by atoms with Gasteiger partial charge in [0.15, 0.2) is 0 Å². The van der Waals surface area contributed by atoms with E-state index in [1.807, 2.05) is 6.07 Å². The van der Waals surface area contributed by atoms with Crippen molar-refractivity contribution in [3.8, 4) is 11.1 Å². The van der Waals surface area contributed by atoms with Crippen molar-refractivity contribution in [3.63, 3.8) is 0 Å². The minimum atomic E-state index is -0.365. The summed E-state index contributed by atoms with van der Waals surface area (Å²) in [4.78, 5) is 0. The van der Waals surface area contributed by atoms with Crippen molar-refractivity contribution in [2.45, 2.75) is 50.9 Å². The Morgan fingerprint density at radius 1 is 0.862 bits per heavy atom. The molecule has 0 aromatic heterocycles. The molecule has 1 aliphatic rings. The Hall–Kier alpha value is -2.12. The Kier molecular flexibility index (Phi) is 6.35. The third kappa shape index (κ3) is 4.90. The van der Waals surface area contributed by atoms with Gasteiger partial charge in [0, 0.05) is 0 Å². The van der Waals surface area contributed by atoms with Crippen molar-refractivity contribution in [2.24, 2.45) is 5.92 Å². The highest BCUT2D eigenvalue weighted by Crippen LogP contribution is 2.40. The summed E-state index contributed by atoms with van der Waals surface area (Å²) in [7, 11) is 0. The zero-order valence-electron chi connectivity index (χ0n) is 17.0. The van der Waals surface area contributed by atoms with Crippen LogP contribution in [0.25, 0.3) is 11.1 Å². The van der Waals surface area contributed by atoms with Gasteiger partial charge >= 0.3 is 0 Å². The molecule has 0 heterocycles. The first kappa shape index (κ1) is 20.2. The second kappa shape index (κ2) is 9.13. The fourth-order valence-electron chi connectivity index (χ4n) is 4.77. The number of benzene rings is 3. The molecule has 0 aliphatic heterocycles. The predicted octanol–water partition coefficient (Wildman–Crippen LogP) is 8.61. The Morgan fingerprint density at radius 2 is 1.52 bits per heavy atom. The van der Waals surface area contributed by atoms with Crippen LogP contribution in [0.1, 0.15) is 62.0 Å². The van der Waals surface area contributed by atoms with Crippen LogP contribution < -0.4 is 0 Å². The van der Waals surface area contributed by atoms with Crippen LogP contribution in [-0.2, 0) is 0 Å². The Balaban J connectivity index is 1.34. The van der Waals surface area contributed by atoms with Gasteiger partial charge in [0.2, 0.25) is 0 Å². The fourth-order valence-corrected chi connectivity index (χ4v) is 4.89. The molecule has 0 saturated heterocycles. The van der Waals surface area contributed by atoms with E-state index in [-0.39, 0.29) is 10.8 Å². The van der Waals surface area contributed by atoms with Crippen LogP contribution in [0.15, 0.2) is 72.8 Å². The number of hydrogen-bond donors (Lipinski definition) is 0. The van der Waals surface area contributed by atoms with E-state index in [4.69, 9.17) is 11.6 Å². The summed E-state index contributed by atoms with van der Waals surface area (Å²) >= 11 is 5.80. The summed E-state index contributed by atoms with van der Waals surface area (Å²) in [5.74, 6) is 1.75. The van der Waals surface area contributed by atoms with E-state index in [9.17, 15) is 4.39 Å². The summed E-state index contributed by atoms with van der Waals surface area (Å²) in [6.45, 7) is 2.36. The molecule has 0 nitrogen and oxygen atoms in total. The van der Waals surface area contributed by atoms with Gasteiger partial charge in [-0.25, -0.2) is 4.39 Å². The zero-order valence-corrected chi connectivity index (χ0v) is 17.7. The van der Waals surface area contributed by atoms with Crippen molar-refractivity contribution in [1.29, 1.82) is 0 Å². The lowest BCUT2D eigenvalue weighted by Crippen LogP contribution is -2.15. The van der Waals surface area contributed by atoms with Gasteiger partial charge < -0.3 is 0 Å². The van der Waals surface area contributed by atoms with Gasteiger partial charge in [0.05, 0.1) is 5.02 Å². The maximum absolute atomic E-state index is 13.7. The average molecular weight is 407 g/mol. The quantitative estimate of drug-likeness (QED) is 0.397. The first-order valence-electron chi connectivity index (χ1n) is 10.7. The van der Waals surface area contributed by atoms with Gasteiger partial charge in [-0.15, -0.1) is 0 Å². The molecule has 1 atom stereocenters. The van der Waals surface area contributed by atoms with E-state index >= 15 is 0 Å². The smallest absolute Gasteiger partial charge is 0.142 e. The van der Waals surface area contributed by atoms with Crippen LogP contribution in [0.2, 0.25) is 5.02 Å². The summed E-state index contributed by atoms with van der Waals surface area (Å²) in [5.41, 5.74) is 4.79. The van der Waals surface area contributed by atoms with Gasteiger partial charge in [0.1, 0.15) is 5.82 Å². The van der Waals surface area contributed by atoms with E-state index < -0.39 is 0 Å². The molecular weight excluding hydrogens is 379 g/mol. The van der Waals surface area contributed by atoms with Crippen LogP contribution in [0, 0.1) is 11.7 Å². The molecule has 0 spiro atoms. The first-order chi connectivity index (χ1) is 14.1. The number of rotatable bonds is 5. The topological polar surface area (TPSA) is 0 Å². The molecular formula is C27H28ClF. The predicted molar refractivity (Wildman–Crippen MR) is 121 cm³/mol. The molecule has 0 unspecified atom stereocenters. The molecule has 3 aromatic rings. The average Bonchev–Trinajstić information content (AvgIpc) is 2.77. The monoisotopic (exact) mass is 406 g/mol. The highest BCUT2D eigenvalue weighted by Gasteiger charge is 2.24. The standard InChI is InChI=1S/C27H28ClF/c1-19(21-5-3-2-4-6-21)17-20-7-9-22(10-8-20)23-11-13-24(14-12-23)25-15-16-26(28)27(29)18-25/h2-6,11-16,18-20,22H,7-10,17H2,1H3/t19-,20?,22?/m1/s1. The second-order valence-corrected chi connectivity index (χ2v) is 8.92. The molecule has 0 amide bonds. The maximum atomic E-state index is 13.7. The molecule has 1 aliphatic carbocycles. The maximum Gasteiger partial charge on any atom is 0.142 e. The van der Waals surface area contributed by atoms with Gasteiger partial charge in [-0.3, -0.25) is 0 Å². The second-order valence-electron chi connectivity index (χ2n) is 8.52. The van der Waals surface area contributed by atoms with E-state index in [2.05, 4.69) is 61.5 Å². The summed E-state index contributed by atoms with van der Waals surface area (Å²) in [6.07, 6.45) is 6.44. The molecule has 1 saturated carbocycles. The van der Waals surface area contributed by atoms with Crippen molar-refractivity contribution >= 4 is 11.6 Å². The lowest BCUT2D eigenvalue weighted by molar-refractivity contribution is 0.297. The summed E-state index contributed by atoms with van der Waals surface area (Å²) < 4.78 is 13.7. The normalized spacial score (nSPS) is 20.4. The highest BCUT2D eigenvalue weighted by molar-refractivity contribution is 6.30. The van der Waals surface area contributed by atoms with Gasteiger partial charge in [0.25, 0.3) is 0 Å². The van der Waals surface area contributed by atoms with Crippen LogP contribution in [0.4, 0.5) is 4.39 Å². The largest absolute Gasteiger partial charge is 0.205 e. The minimum Gasteiger partial charge on any atom is -0.205 e. The Labute approximate surface area is 178 Å². The van der Waals surface area contributed by atoms with Crippen molar-refractivity contribution in [3.05, 3.63) is 94.8 Å². The molecule has 29 heavy (non-hydrogen) atoms. The molecule has 0 N–H and O–H groups in total. The Bertz CT molecular complexity index is 925. The van der Waals surface area contributed by atoms with Crippen LogP contribution in [-0.4, -0.2) is 0 Å². The molecule has 4 rings (SSSR count). The molecule has 3 aromatic carbocycles. The number of hydrogen-bond acceptors (Lipinski definition) is 0. The summed E-state index contributed by atoms with van der Waals surface area (Å²) in [6, 6.07) is 24.6.